The van der Waals surface area contributed by atoms with Crippen LogP contribution < -0.4 is 14.4 Å². The third-order valence-corrected chi connectivity index (χ3v) is 4.89. The van der Waals surface area contributed by atoms with Crippen LogP contribution in [0, 0.1) is 0 Å². The Labute approximate surface area is 150 Å². The molecule has 24 heavy (non-hydrogen) atoms. The van der Waals surface area contributed by atoms with Gasteiger partial charge in [-0.15, -0.1) is 0 Å². The molecule has 0 amide bonds. The molecule has 7 heteroatoms. The lowest BCUT2D eigenvalue weighted by molar-refractivity contribution is 0.247. The van der Waals surface area contributed by atoms with E-state index in [1.165, 1.54) is 5.56 Å². The SMILES string of the molecule is COc1cc(Br)c(CN2CCN(c3ncccn3)CC2)cc1OC. The lowest BCUT2D eigenvalue weighted by Crippen LogP contribution is -2.46. The molecule has 0 saturated carbocycles. The van der Waals surface area contributed by atoms with E-state index in [4.69, 9.17) is 9.47 Å². The second-order valence-electron chi connectivity index (χ2n) is 5.61. The van der Waals surface area contributed by atoms with Crippen molar-refractivity contribution >= 4 is 21.9 Å². The molecule has 1 aliphatic rings. The van der Waals surface area contributed by atoms with Crippen molar-refractivity contribution in [2.45, 2.75) is 6.54 Å². The first kappa shape index (κ1) is 17.0. The number of benzene rings is 1. The minimum Gasteiger partial charge on any atom is -0.493 e. The van der Waals surface area contributed by atoms with Crippen LogP contribution in [0.3, 0.4) is 0 Å². The average Bonchev–Trinajstić information content (AvgIpc) is 2.64. The second kappa shape index (κ2) is 7.81. The van der Waals surface area contributed by atoms with Crippen molar-refractivity contribution in [2.24, 2.45) is 0 Å². The maximum atomic E-state index is 5.41. The molecule has 0 aliphatic carbocycles. The summed E-state index contributed by atoms with van der Waals surface area (Å²) in [7, 11) is 3.31. The van der Waals surface area contributed by atoms with Crippen molar-refractivity contribution in [3.05, 3.63) is 40.6 Å². The lowest BCUT2D eigenvalue weighted by Gasteiger charge is -2.34. The monoisotopic (exact) mass is 392 g/mol. The fourth-order valence-electron chi connectivity index (χ4n) is 2.82. The zero-order chi connectivity index (χ0) is 16.9. The van der Waals surface area contributed by atoms with Gasteiger partial charge in [-0.2, -0.15) is 0 Å². The van der Waals surface area contributed by atoms with Crippen molar-refractivity contribution in [1.82, 2.24) is 14.9 Å². The first-order valence-electron chi connectivity index (χ1n) is 7.86. The molecule has 1 aliphatic heterocycles. The Hall–Kier alpha value is -1.86. The zero-order valence-corrected chi connectivity index (χ0v) is 15.5. The van der Waals surface area contributed by atoms with Gasteiger partial charge in [0.2, 0.25) is 5.95 Å². The highest BCUT2D eigenvalue weighted by atomic mass is 79.9. The molecule has 1 aromatic heterocycles. The molecular weight excluding hydrogens is 372 g/mol. The van der Waals surface area contributed by atoms with Gasteiger partial charge < -0.3 is 14.4 Å². The Morgan fingerprint density at radius 2 is 1.62 bits per heavy atom. The van der Waals surface area contributed by atoms with Crippen LogP contribution in [0.25, 0.3) is 0 Å². The van der Waals surface area contributed by atoms with E-state index in [-0.39, 0.29) is 0 Å². The van der Waals surface area contributed by atoms with Gasteiger partial charge in [0.05, 0.1) is 14.2 Å². The predicted molar refractivity (Wildman–Crippen MR) is 96.8 cm³/mol. The van der Waals surface area contributed by atoms with Crippen LogP contribution in [0.15, 0.2) is 35.1 Å². The van der Waals surface area contributed by atoms with Crippen LogP contribution >= 0.6 is 15.9 Å². The van der Waals surface area contributed by atoms with Gasteiger partial charge in [-0.25, -0.2) is 9.97 Å². The summed E-state index contributed by atoms with van der Waals surface area (Å²) in [6, 6.07) is 5.84. The van der Waals surface area contributed by atoms with E-state index in [2.05, 4.69) is 35.7 Å². The number of rotatable bonds is 5. The average molecular weight is 393 g/mol. The van der Waals surface area contributed by atoms with Crippen molar-refractivity contribution in [3.8, 4) is 11.5 Å². The standard InChI is InChI=1S/C17H21BrN4O2/c1-23-15-10-13(14(18)11-16(15)24-2)12-21-6-8-22(9-7-21)17-19-4-3-5-20-17/h3-5,10-11H,6-9,12H2,1-2H3. The molecule has 0 unspecified atom stereocenters. The Morgan fingerprint density at radius 1 is 1.00 bits per heavy atom. The number of halogens is 1. The normalized spacial score (nSPS) is 15.4. The first-order valence-corrected chi connectivity index (χ1v) is 8.65. The van der Waals surface area contributed by atoms with Gasteiger partial charge in [0.15, 0.2) is 11.5 Å². The second-order valence-corrected chi connectivity index (χ2v) is 6.46. The number of aromatic nitrogens is 2. The highest BCUT2D eigenvalue weighted by Gasteiger charge is 2.20. The lowest BCUT2D eigenvalue weighted by atomic mass is 10.1. The van der Waals surface area contributed by atoms with Crippen LogP contribution in [0.4, 0.5) is 5.95 Å². The molecule has 0 radical (unpaired) electrons. The van der Waals surface area contributed by atoms with E-state index in [1.54, 1.807) is 26.6 Å². The van der Waals surface area contributed by atoms with Gasteiger partial charge in [-0.1, -0.05) is 15.9 Å². The van der Waals surface area contributed by atoms with Crippen molar-refractivity contribution in [1.29, 1.82) is 0 Å². The highest BCUT2D eigenvalue weighted by Crippen LogP contribution is 2.34. The summed E-state index contributed by atoms with van der Waals surface area (Å²) >= 11 is 3.63. The molecule has 0 bridgehead atoms. The zero-order valence-electron chi connectivity index (χ0n) is 13.9. The van der Waals surface area contributed by atoms with Crippen molar-refractivity contribution < 1.29 is 9.47 Å². The van der Waals surface area contributed by atoms with Crippen LogP contribution in [-0.2, 0) is 6.54 Å². The Morgan fingerprint density at radius 3 is 2.25 bits per heavy atom. The molecule has 0 atom stereocenters. The number of hydrogen-bond donors (Lipinski definition) is 0. The van der Waals surface area contributed by atoms with Crippen LogP contribution in [0.1, 0.15) is 5.56 Å². The summed E-state index contributed by atoms with van der Waals surface area (Å²) in [5, 5.41) is 0. The number of piperazine rings is 1. The van der Waals surface area contributed by atoms with E-state index in [9.17, 15) is 0 Å². The van der Waals surface area contributed by atoms with E-state index >= 15 is 0 Å². The molecular formula is C17H21BrN4O2. The van der Waals surface area contributed by atoms with E-state index < -0.39 is 0 Å². The maximum Gasteiger partial charge on any atom is 0.225 e. The fourth-order valence-corrected chi connectivity index (χ4v) is 3.27. The fraction of sp³-hybridized carbons (Fsp3) is 0.412. The van der Waals surface area contributed by atoms with E-state index in [0.29, 0.717) is 0 Å². The Bertz CT molecular complexity index is 676. The third kappa shape index (κ3) is 3.79. The van der Waals surface area contributed by atoms with Crippen LogP contribution in [0.2, 0.25) is 0 Å². The molecule has 3 rings (SSSR count). The summed E-state index contributed by atoms with van der Waals surface area (Å²) in [5.74, 6) is 2.30. The summed E-state index contributed by atoms with van der Waals surface area (Å²) < 4.78 is 11.8. The van der Waals surface area contributed by atoms with Gasteiger partial charge in [-0.3, -0.25) is 4.90 Å². The first-order chi connectivity index (χ1) is 11.7. The largest absolute Gasteiger partial charge is 0.493 e. The molecule has 1 saturated heterocycles. The molecule has 1 aromatic carbocycles. The summed E-state index contributed by atoms with van der Waals surface area (Å²) in [5.41, 5.74) is 1.19. The van der Waals surface area contributed by atoms with Gasteiger partial charge in [0.25, 0.3) is 0 Å². The Kier molecular flexibility index (Phi) is 5.52. The minimum atomic E-state index is 0.735. The highest BCUT2D eigenvalue weighted by molar-refractivity contribution is 9.10. The predicted octanol–water partition coefficient (Wildman–Crippen LogP) is 2.58. The van der Waals surface area contributed by atoms with E-state index in [1.807, 2.05) is 18.2 Å². The summed E-state index contributed by atoms with van der Waals surface area (Å²) in [4.78, 5) is 13.3. The molecule has 2 heterocycles. The third-order valence-electron chi connectivity index (χ3n) is 4.15. The molecule has 0 spiro atoms. The smallest absolute Gasteiger partial charge is 0.225 e. The molecule has 2 aromatic rings. The van der Waals surface area contributed by atoms with Crippen LogP contribution in [-0.4, -0.2) is 55.3 Å². The number of nitrogens with zero attached hydrogens (tertiary/aromatic N) is 4. The number of hydrogen-bond acceptors (Lipinski definition) is 6. The molecule has 0 N–H and O–H groups in total. The number of anilines is 1. The van der Waals surface area contributed by atoms with E-state index in [0.717, 1.165) is 54.6 Å². The maximum absolute atomic E-state index is 5.41. The van der Waals surface area contributed by atoms with Crippen molar-refractivity contribution in [3.63, 3.8) is 0 Å². The quantitative estimate of drug-likeness (QED) is 0.779. The topological polar surface area (TPSA) is 50.7 Å². The minimum absolute atomic E-state index is 0.735. The number of ether oxygens (including phenoxy) is 2. The van der Waals surface area contributed by atoms with Gasteiger partial charge in [0.1, 0.15) is 0 Å². The Balaban J connectivity index is 1.64. The summed E-state index contributed by atoms with van der Waals surface area (Å²) in [6.07, 6.45) is 3.57. The molecule has 6 nitrogen and oxygen atoms in total. The van der Waals surface area contributed by atoms with Gasteiger partial charge in [-0.05, 0) is 23.8 Å². The van der Waals surface area contributed by atoms with Gasteiger partial charge >= 0.3 is 0 Å². The van der Waals surface area contributed by atoms with Gasteiger partial charge in [0, 0.05) is 49.6 Å². The molecule has 1 fully saturated rings. The number of methoxy groups -OCH3 is 2. The van der Waals surface area contributed by atoms with Crippen molar-refractivity contribution in [2.75, 3.05) is 45.3 Å². The summed E-state index contributed by atoms with van der Waals surface area (Å²) in [6.45, 7) is 4.66. The molecule has 128 valence electrons. The van der Waals surface area contributed by atoms with Crippen LogP contribution in [0.5, 0.6) is 11.5 Å².